The first kappa shape index (κ1) is 9.38. The largest absolute Gasteiger partial charge is 0.750 e. The summed E-state index contributed by atoms with van der Waals surface area (Å²) < 4.78 is 24.1. The van der Waals surface area contributed by atoms with Gasteiger partial charge in [-0.05, 0) is 0 Å². The van der Waals surface area contributed by atoms with Gasteiger partial charge in [-0.3, -0.25) is 0 Å². The molecule has 5 heavy (non-hydrogen) atoms. The van der Waals surface area contributed by atoms with E-state index in [0.29, 0.717) is 0 Å². The predicted molar refractivity (Wildman–Crippen MR) is 11.5 cm³/mol. The number of hydrogen-bond donors (Lipinski definition) is 1. The fraction of sp³-hybridized carbons (Fsp3) is 0. The van der Waals surface area contributed by atoms with Crippen LogP contribution in [-0.4, -0.2) is 13.3 Å². The van der Waals surface area contributed by atoms with Gasteiger partial charge in [-0.25, -0.2) is 4.21 Å². The average Bonchev–Trinajstić information content (AvgIpc) is 0.811. The Morgan fingerprint density at radius 1 is 1.80 bits per heavy atom. The number of rotatable bonds is 0. The fourth-order valence-electron chi connectivity index (χ4n) is 0. The second kappa shape index (κ2) is 5.01. The molecule has 1 N–H and O–H groups in total. The monoisotopic (exact) mass is 283 g/mol. The van der Waals surface area contributed by atoms with E-state index in [1.807, 2.05) is 0 Å². The van der Waals surface area contributed by atoms with E-state index < -0.39 is 11.4 Å². The molecule has 0 aromatic rings. The molecular weight excluding hydrogens is 281 g/mol. The van der Waals surface area contributed by atoms with E-state index in [9.17, 15) is 0 Å². The molecule has 0 saturated carbocycles. The summed E-state index contributed by atoms with van der Waals surface area (Å²) in [6.45, 7) is 0. The minimum absolute atomic E-state index is 0. The van der Waals surface area contributed by atoms with E-state index >= 15 is 0 Å². The summed E-state index contributed by atoms with van der Waals surface area (Å²) in [6.07, 6.45) is 0. The van der Waals surface area contributed by atoms with Crippen LogP contribution in [0, 0.1) is 0 Å². The zero-order valence-corrected chi connectivity index (χ0v) is 8.69. The molecule has 0 heterocycles. The maximum Gasteiger partial charge on any atom is 0.0814 e. The van der Waals surface area contributed by atoms with Crippen molar-refractivity contribution in [1.82, 2.24) is 0 Å². The molecule has 28 valence electrons. The first-order valence-corrected chi connectivity index (χ1v) is 1.55. The minimum atomic E-state index is -2.86. The topological polar surface area (TPSA) is 60.4 Å². The second-order valence-electron chi connectivity index (χ2n) is 0.217. The molecule has 1 atom stereocenters. The molecule has 5 heteroatoms. The third-order valence-electron chi connectivity index (χ3n) is 0. The molecule has 0 fully saturated rings. The summed E-state index contributed by atoms with van der Waals surface area (Å²) in [7, 11) is 0. The SMILES string of the molecule is O=S([O-])O.[Hg]. The second-order valence-corrected chi connectivity index (χ2v) is 0.651. The van der Waals surface area contributed by atoms with Crippen LogP contribution < -0.4 is 0 Å². The van der Waals surface area contributed by atoms with Gasteiger partial charge >= 0.3 is 0 Å². The molecule has 0 spiro atoms. The van der Waals surface area contributed by atoms with Gasteiger partial charge in [-0.1, -0.05) is 0 Å². The molecule has 0 bridgehead atoms. The van der Waals surface area contributed by atoms with Gasteiger partial charge in [-0.2, -0.15) is 0 Å². The van der Waals surface area contributed by atoms with E-state index in [1.165, 1.54) is 0 Å². The van der Waals surface area contributed by atoms with Crippen LogP contribution in [0.5, 0.6) is 0 Å². The van der Waals surface area contributed by atoms with Crippen molar-refractivity contribution >= 4 is 11.4 Å². The van der Waals surface area contributed by atoms with Crippen LogP contribution in [-0.2, 0) is 39.0 Å². The molecule has 0 rings (SSSR count). The van der Waals surface area contributed by atoms with Gasteiger partial charge in [0.15, 0.2) is 0 Å². The quantitative estimate of drug-likeness (QED) is 0.473. The zero-order chi connectivity index (χ0) is 3.58. The van der Waals surface area contributed by atoms with Crippen LogP contribution in [0.25, 0.3) is 0 Å². The van der Waals surface area contributed by atoms with Crippen LogP contribution >= 0.6 is 0 Å². The Kier molecular flexibility index (Phi) is 9.39. The van der Waals surface area contributed by atoms with Crippen LogP contribution in [0.2, 0.25) is 0 Å². The standard InChI is InChI=1S/Hg.H2O3S/c;1-4(2)3/h;(H2,1,2,3)/p-1. The summed E-state index contributed by atoms with van der Waals surface area (Å²) in [6, 6.07) is 0. The van der Waals surface area contributed by atoms with Gasteiger partial charge in [0.25, 0.3) is 0 Å². The molecule has 3 nitrogen and oxygen atoms in total. The van der Waals surface area contributed by atoms with Gasteiger partial charge < -0.3 is 9.11 Å². The summed E-state index contributed by atoms with van der Waals surface area (Å²) in [5.74, 6) is 0. The van der Waals surface area contributed by atoms with E-state index in [4.69, 9.17) is 13.3 Å². The van der Waals surface area contributed by atoms with Crippen LogP contribution in [0.4, 0.5) is 0 Å². The Labute approximate surface area is 52.4 Å². The van der Waals surface area contributed by atoms with Crippen molar-refractivity contribution in [3.8, 4) is 0 Å². The summed E-state index contributed by atoms with van der Waals surface area (Å²) in [5, 5.41) is 0. The van der Waals surface area contributed by atoms with Crippen LogP contribution in [0.3, 0.4) is 0 Å². The molecule has 0 amide bonds. The Hall–Kier alpha value is 1.01. The van der Waals surface area contributed by atoms with E-state index in [0.717, 1.165) is 0 Å². The molecule has 0 aromatic heterocycles. The summed E-state index contributed by atoms with van der Waals surface area (Å²) >= 11 is -2.86. The Morgan fingerprint density at radius 2 is 1.80 bits per heavy atom. The number of hydrogen-bond acceptors (Lipinski definition) is 2. The third kappa shape index (κ3) is 44.7. The van der Waals surface area contributed by atoms with Crippen molar-refractivity contribution < 1.29 is 41.0 Å². The Morgan fingerprint density at radius 3 is 1.80 bits per heavy atom. The first-order chi connectivity index (χ1) is 1.73. The predicted octanol–water partition coefficient (Wildman–Crippen LogP) is -0.664. The smallest absolute Gasteiger partial charge is 0.0814 e. The van der Waals surface area contributed by atoms with Gasteiger partial charge in [-0.15, -0.1) is 0 Å². The van der Waals surface area contributed by atoms with Crippen molar-refractivity contribution in [3.63, 3.8) is 0 Å². The minimum Gasteiger partial charge on any atom is -0.750 e. The molecule has 0 aliphatic heterocycles. The molecular formula is HHgO3S-. The molecule has 0 aliphatic carbocycles. The van der Waals surface area contributed by atoms with Gasteiger partial charge in [0, 0.05) is 27.7 Å². The molecule has 0 radical (unpaired) electrons. The normalized spacial score (nSPS) is 12.4. The molecule has 0 saturated heterocycles. The Balaban J connectivity index is 0. The first-order valence-electron chi connectivity index (χ1n) is 0.516. The van der Waals surface area contributed by atoms with Gasteiger partial charge in [0.1, 0.15) is 0 Å². The Bertz CT molecular complexity index is 29.9. The van der Waals surface area contributed by atoms with Crippen molar-refractivity contribution in [1.29, 1.82) is 0 Å². The molecule has 1 unspecified atom stereocenters. The summed E-state index contributed by atoms with van der Waals surface area (Å²) in [5.41, 5.74) is 0. The third-order valence-corrected chi connectivity index (χ3v) is 0. The van der Waals surface area contributed by atoms with Crippen molar-refractivity contribution in [2.24, 2.45) is 0 Å². The van der Waals surface area contributed by atoms with Crippen molar-refractivity contribution in [2.75, 3.05) is 0 Å². The van der Waals surface area contributed by atoms with Gasteiger partial charge in [0.2, 0.25) is 0 Å². The average molecular weight is 282 g/mol. The van der Waals surface area contributed by atoms with Crippen LogP contribution in [0.1, 0.15) is 0 Å². The van der Waals surface area contributed by atoms with Crippen LogP contribution in [0.15, 0.2) is 0 Å². The van der Waals surface area contributed by atoms with E-state index in [-0.39, 0.29) is 27.7 Å². The maximum atomic E-state index is 8.56. The fourth-order valence-corrected chi connectivity index (χ4v) is 0. The molecule has 0 aromatic carbocycles. The van der Waals surface area contributed by atoms with E-state index in [2.05, 4.69) is 0 Å². The zero-order valence-electron chi connectivity index (χ0n) is 2.38. The van der Waals surface area contributed by atoms with Gasteiger partial charge in [0.05, 0.1) is 11.4 Å². The maximum absolute atomic E-state index is 8.56. The summed E-state index contributed by atoms with van der Waals surface area (Å²) in [4.78, 5) is 0. The van der Waals surface area contributed by atoms with E-state index in [1.54, 1.807) is 0 Å². The molecule has 0 aliphatic rings. The van der Waals surface area contributed by atoms with Crippen molar-refractivity contribution in [3.05, 3.63) is 0 Å². The van der Waals surface area contributed by atoms with Crippen molar-refractivity contribution in [2.45, 2.75) is 0 Å².